The van der Waals surface area contributed by atoms with Crippen molar-refractivity contribution < 1.29 is 23.8 Å². The van der Waals surface area contributed by atoms with E-state index >= 15 is 0 Å². The molecule has 0 spiro atoms. The van der Waals surface area contributed by atoms with E-state index in [1.165, 1.54) is 0 Å². The summed E-state index contributed by atoms with van der Waals surface area (Å²) in [5, 5.41) is 8.70. The van der Waals surface area contributed by atoms with Crippen LogP contribution in [0.1, 0.15) is 45.1 Å². The van der Waals surface area contributed by atoms with E-state index in [1.807, 2.05) is 78.2 Å². The van der Waals surface area contributed by atoms with Gasteiger partial charge < -0.3 is 24.4 Å². The second kappa shape index (κ2) is 11.7. The van der Waals surface area contributed by atoms with E-state index in [4.69, 9.17) is 24.2 Å². The van der Waals surface area contributed by atoms with Gasteiger partial charge in [-0.2, -0.15) is 5.10 Å². The van der Waals surface area contributed by atoms with Crippen molar-refractivity contribution >= 4 is 39.5 Å². The molecule has 3 heterocycles. The molecule has 2 aromatic carbocycles. The van der Waals surface area contributed by atoms with E-state index in [2.05, 4.69) is 15.3 Å². The number of fused-ring (bicyclic) bond motifs is 2. The van der Waals surface area contributed by atoms with Crippen molar-refractivity contribution in [3.8, 4) is 17.1 Å². The number of aromatic nitrogens is 4. The second-order valence-electron chi connectivity index (χ2n) is 11.9. The summed E-state index contributed by atoms with van der Waals surface area (Å²) >= 11 is 0. The lowest BCUT2D eigenvalue weighted by molar-refractivity contribution is 0.00564. The molecular weight excluding hydrogens is 550 g/mol. The first-order valence-corrected chi connectivity index (χ1v) is 14.3. The van der Waals surface area contributed by atoms with Gasteiger partial charge in [0.1, 0.15) is 17.0 Å². The smallest absolute Gasteiger partial charge is 0.410 e. The SMILES string of the molecule is CNC(=O)c1nc(-c2cc3cn(C)nc3cc2OCOC)nc2ccc(N3C[C@@H](C)N(C(=O)OC(C)(C)C)[C@H](C)C3)cc12. The van der Waals surface area contributed by atoms with Crippen molar-refractivity contribution in [2.24, 2.45) is 7.05 Å². The van der Waals surface area contributed by atoms with E-state index in [0.29, 0.717) is 41.1 Å². The highest BCUT2D eigenvalue weighted by molar-refractivity contribution is 6.06. The number of methoxy groups -OCH3 is 1. The predicted molar refractivity (Wildman–Crippen MR) is 164 cm³/mol. The first-order chi connectivity index (χ1) is 20.4. The van der Waals surface area contributed by atoms with Gasteiger partial charge in [-0.1, -0.05) is 0 Å². The highest BCUT2D eigenvalue weighted by Crippen LogP contribution is 2.35. The van der Waals surface area contributed by atoms with E-state index < -0.39 is 5.60 Å². The molecule has 0 bridgehead atoms. The fourth-order valence-corrected chi connectivity index (χ4v) is 5.53. The topological polar surface area (TPSA) is 124 Å². The standard InChI is InChI=1S/C31H39N7O5/c1-18-14-37(15-19(2)38(18)30(40)43-31(3,4)5)21-9-10-24-22(12-21)27(29(39)32-6)34-28(33-24)23-11-20-16-36(7)35-25(20)13-26(23)42-17-41-8/h9-13,16,18-19H,14-15,17H2,1-8H3,(H,32,39)/t18-,19-/m1/s1. The number of nitrogens with one attached hydrogen (secondary N) is 1. The largest absolute Gasteiger partial charge is 0.467 e. The van der Waals surface area contributed by atoms with Gasteiger partial charge in [0.05, 0.1) is 28.7 Å². The van der Waals surface area contributed by atoms with Crippen molar-refractivity contribution in [1.29, 1.82) is 0 Å². The van der Waals surface area contributed by atoms with Gasteiger partial charge in [-0.3, -0.25) is 14.4 Å². The van der Waals surface area contributed by atoms with Crippen LogP contribution in [0.3, 0.4) is 0 Å². The lowest BCUT2D eigenvalue weighted by atomic mass is 10.1. The third-order valence-corrected chi connectivity index (χ3v) is 7.30. The molecule has 4 aromatic rings. The van der Waals surface area contributed by atoms with Crippen LogP contribution in [-0.2, 0) is 16.5 Å². The highest BCUT2D eigenvalue weighted by atomic mass is 16.7. The lowest BCUT2D eigenvalue weighted by Gasteiger charge is -2.45. The van der Waals surface area contributed by atoms with Crippen LogP contribution in [0, 0.1) is 0 Å². The Morgan fingerprint density at radius 1 is 1.05 bits per heavy atom. The first-order valence-electron chi connectivity index (χ1n) is 14.3. The number of hydrogen-bond acceptors (Lipinski definition) is 9. The summed E-state index contributed by atoms with van der Waals surface area (Å²) in [6, 6.07) is 9.39. The average molecular weight is 590 g/mol. The number of piperazine rings is 1. The van der Waals surface area contributed by atoms with Gasteiger partial charge in [-0.05, 0) is 58.9 Å². The summed E-state index contributed by atoms with van der Waals surface area (Å²) in [6.07, 6.45) is 1.59. The zero-order chi connectivity index (χ0) is 31.1. The van der Waals surface area contributed by atoms with Gasteiger partial charge in [-0.25, -0.2) is 14.8 Å². The minimum Gasteiger partial charge on any atom is -0.467 e. The minimum atomic E-state index is -0.568. The summed E-state index contributed by atoms with van der Waals surface area (Å²) < 4.78 is 18.4. The Hall–Kier alpha value is -4.45. The number of amides is 2. The van der Waals surface area contributed by atoms with Crippen molar-refractivity contribution in [1.82, 2.24) is 30.0 Å². The quantitative estimate of drug-likeness (QED) is 0.327. The Kier molecular flexibility index (Phi) is 8.15. The first kappa shape index (κ1) is 30.0. The number of anilines is 1. The summed E-state index contributed by atoms with van der Waals surface area (Å²) in [5.41, 5.74) is 2.59. The molecule has 1 aliphatic rings. The monoisotopic (exact) mass is 589 g/mol. The number of rotatable bonds is 6. The van der Waals surface area contributed by atoms with Crippen molar-refractivity contribution in [3.05, 3.63) is 42.2 Å². The molecular formula is C31H39N7O5. The molecule has 228 valence electrons. The normalized spacial score (nSPS) is 17.4. The maximum atomic E-state index is 13.2. The molecule has 1 N–H and O–H groups in total. The molecule has 2 aromatic heterocycles. The second-order valence-corrected chi connectivity index (χ2v) is 11.9. The van der Waals surface area contributed by atoms with E-state index in [9.17, 15) is 9.59 Å². The van der Waals surface area contributed by atoms with Crippen LogP contribution >= 0.6 is 0 Å². The summed E-state index contributed by atoms with van der Waals surface area (Å²) in [6.45, 7) is 10.9. The van der Waals surface area contributed by atoms with Crippen LogP contribution in [0.25, 0.3) is 33.2 Å². The molecule has 1 aliphatic heterocycles. The van der Waals surface area contributed by atoms with Gasteiger partial charge in [-0.15, -0.1) is 0 Å². The third-order valence-electron chi connectivity index (χ3n) is 7.30. The summed E-state index contributed by atoms with van der Waals surface area (Å²) in [5.74, 6) is 0.519. The number of nitrogens with zero attached hydrogens (tertiary/aromatic N) is 6. The molecule has 1 saturated heterocycles. The van der Waals surface area contributed by atoms with Crippen molar-refractivity contribution in [2.75, 3.05) is 38.9 Å². The van der Waals surface area contributed by atoms with Gasteiger partial charge in [0.25, 0.3) is 5.91 Å². The van der Waals surface area contributed by atoms with Gasteiger partial charge in [0, 0.05) is 63.0 Å². The fraction of sp³-hybridized carbons (Fsp3) is 0.452. The van der Waals surface area contributed by atoms with Crippen molar-refractivity contribution in [3.63, 3.8) is 0 Å². The third kappa shape index (κ3) is 6.19. The van der Waals surface area contributed by atoms with Crippen LogP contribution in [-0.4, -0.2) is 88.4 Å². The number of hydrogen-bond donors (Lipinski definition) is 1. The number of benzene rings is 2. The molecule has 43 heavy (non-hydrogen) atoms. The van der Waals surface area contributed by atoms with Gasteiger partial charge in [0.15, 0.2) is 12.6 Å². The molecule has 12 heteroatoms. The fourth-order valence-electron chi connectivity index (χ4n) is 5.53. The molecule has 0 aliphatic carbocycles. The summed E-state index contributed by atoms with van der Waals surface area (Å²) in [4.78, 5) is 39.7. The van der Waals surface area contributed by atoms with Crippen LogP contribution in [0.15, 0.2) is 36.5 Å². The number of carbonyl (C=O) groups excluding carboxylic acids is 2. The zero-order valence-electron chi connectivity index (χ0n) is 26.0. The number of carbonyl (C=O) groups is 2. The zero-order valence-corrected chi connectivity index (χ0v) is 26.0. The molecule has 12 nitrogen and oxygen atoms in total. The van der Waals surface area contributed by atoms with E-state index in [1.54, 1.807) is 23.7 Å². The van der Waals surface area contributed by atoms with Crippen LogP contribution < -0.4 is 15.0 Å². The Balaban J connectivity index is 1.53. The minimum absolute atomic E-state index is 0.0304. The summed E-state index contributed by atoms with van der Waals surface area (Å²) in [7, 11) is 4.97. The molecule has 2 amide bonds. The number of aryl methyl sites for hydroxylation is 1. The Labute approximate surface area is 250 Å². The molecule has 5 rings (SSSR count). The van der Waals surface area contributed by atoms with Crippen LogP contribution in [0.4, 0.5) is 10.5 Å². The lowest BCUT2D eigenvalue weighted by Crippen LogP contribution is -2.59. The van der Waals surface area contributed by atoms with Gasteiger partial charge >= 0.3 is 6.09 Å². The maximum absolute atomic E-state index is 13.2. The average Bonchev–Trinajstić information content (AvgIpc) is 3.31. The highest BCUT2D eigenvalue weighted by Gasteiger charge is 2.36. The Bertz CT molecular complexity index is 1670. The molecule has 1 fully saturated rings. The van der Waals surface area contributed by atoms with Crippen molar-refractivity contribution in [2.45, 2.75) is 52.3 Å². The molecule has 2 atom stereocenters. The van der Waals surface area contributed by atoms with Gasteiger partial charge in [0.2, 0.25) is 0 Å². The molecule has 0 unspecified atom stereocenters. The number of ether oxygens (including phenoxy) is 3. The molecule has 0 radical (unpaired) electrons. The maximum Gasteiger partial charge on any atom is 0.410 e. The predicted octanol–water partition coefficient (Wildman–Crippen LogP) is 4.36. The van der Waals surface area contributed by atoms with Crippen LogP contribution in [0.2, 0.25) is 0 Å². The Morgan fingerprint density at radius 3 is 2.42 bits per heavy atom. The van der Waals surface area contributed by atoms with Crippen LogP contribution in [0.5, 0.6) is 5.75 Å². The molecule has 0 saturated carbocycles. The van der Waals surface area contributed by atoms with E-state index in [0.717, 1.165) is 16.6 Å². The Morgan fingerprint density at radius 2 is 1.77 bits per heavy atom. The van der Waals surface area contributed by atoms with E-state index in [-0.39, 0.29) is 36.6 Å².